The second-order valence-corrected chi connectivity index (χ2v) is 5.63. The third-order valence-corrected chi connectivity index (χ3v) is 3.75. The van der Waals surface area contributed by atoms with Gasteiger partial charge in [-0.15, -0.1) is 0 Å². The average molecular weight is 347 g/mol. The Balaban J connectivity index is 1.70. The Hall–Kier alpha value is -2.73. The quantitative estimate of drug-likeness (QED) is 0.892. The Morgan fingerprint density at radius 1 is 1.33 bits per heavy atom. The van der Waals surface area contributed by atoms with Crippen LogP contribution in [0.5, 0.6) is 11.5 Å². The van der Waals surface area contributed by atoms with Crippen LogP contribution < -0.4 is 20.1 Å². The highest BCUT2D eigenvalue weighted by molar-refractivity contribution is 6.31. The summed E-state index contributed by atoms with van der Waals surface area (Å²) < 4.78 is 10.8. The predicted octanol–water partition coefficient (Wildman–Crippen LogP) is 3.08. The molecule has 3 rings (SSSR count). The zero-order valence-electron chi connectivity index (χ0n) is 12.8. The number of carbonyl (C=O) groups is 2. The molecule has 1 aliphatic heterocycles. The van der Waals surface area contributed by atoms with Gasteiger partial charge in [-0.3, -0.25) is 9.59 Å². The van der Waals surface area contributed by atoms with Gasteiger partial charge in [-0.05, 0) is 30.3 Å². The standard InChI is InChI=1S/C17H15ClN2O4/c1-23-13-7-6-10(18)8-12(13)19-16(21)9-15-17(22)20-11-4-2-3-5-14(11)24-15/h2-8,15H,9H2,1H3,(H,19,21)(H,20,22)/t15-/m1/s1. The summed E-state index contributed by atoms with van der Waals surface area (Å²) in [5.74, 6) is 0.277. The molecule has 2 amide bonds. The van der Waals surface area contributed by atoms with Gasteiger partial charge in [-0.25, -0.2) is 0 Å². The van der Waals surface area contributed by atoms with Crippen molar-refractivity contribution in [2.24, 2.45) is 0 Å². The first-order valence-electron chi connectivity index (χ1n) is 7.27. The van der Waals surface area contributed by atoms with E-state index >= 15 is 0 Å². The largest absolute Gasteiger partial charge is 0.495 e. The van der Waals surface area contributed by atoms with E-state index in [9.17, 15) is 9.59 Å². The molecule has 1 aliphatic rings. The van der Waals surface area contributed by atoms with Crippen molar-refractivity contribution in [2.45, 2.75) is 12.5 Å². The molecule has 124 valence electrons. The van der Waals surface area contributed by atoms with Gasteiger partial charge in [0.05, 0.1) is 24.9 Å². The third kappa shape index (κ3) is 3.44. The highest BCUT2D eigenvalue weighted by atomic mass is 35.5. The second-order valence-electron chi connectivity index (χ2n) is 5.19. The molecule has 7 heteroatoms. The topological polar surface area (TPSA) is 76.7 Å². The lowest BCUT2D eigenvalue weighted by molar-refractivity contribution is -0.128. The molecule has 0 saturated carbocycles. The van der Waals surface area contributed by atoms with E-state index in [0.29, 0.717) is 27.9 Å². The van der Waals surface area contributed by atoms with Gasteiger partial charge in [0.2, 0.25) is 5.91 Å². The molecule has 2 aromatic rings. The minimum absolute atomic E-state index is 0.129. The molecule has 0 saturated heterocycles. The number of anilines is 2. The summed E-state index contributed by atoms with van der Waals surface area (Å²) in [5, 5.41) is 5.87. The third-order valence-electron chi connectivity index (χ3n) is 3.51. The highest BCUT2D eigenvalue weighted by Crippen LogP contribution is 2.31. The van der Waals surface area contributed by atoms with Crippen molar-refractivity contribution in [3.63, 3.8) is 0 Å². The smallest absolute Gasteiger partial charge is 0.266 e. The van der Waals surface area contributed by atoms with Gasteiger partial charge in [0, 0.05) is 5.02 Å². The van der Waals surface area contributed by atoms with E-state index in [1.807, 2.05) is 0 Å². The molecule has 2 aromatic carbocycles. The van der Waals surface area contributed by atoms with Crippen LogP contribution in [0.2, 0.25) is 5.02 Å². The molecule has 0 radical (unpaired) electrons. The molecule has 0 bridgehead atoms. The van der Waals surface area contributed by atoms with E-state index in [1.54, 1.807) is 42.5 Å². The summed E-state index contributed by atoms with van der Waals surface area (Å²) in [5.41, 5.74) is 1.03. The molecule has 1 heterocycles. The van der Waals surface area contributed by atoms with Crippen molar-refractivity contribution in [2.75, 3.05) is 17.7 Å². The fourth-order valence-electron chi connectivity index (χ4n) is 2.37. The average Bonchev–Trinajstić information content (AvgIpc) is 2.55. The minimum atomic E-state index is -0.898. The summed E-state index contributed by atoms with van der Waals surface area (Å²) in [6.07, 6.45) is -1.03. The second kappa shape index (κ2) is 6.80. The van der Waals surface area contributed by atoms with Crippen molar-refractivity contribution in [1.82, 2.24) is 0 Å². The first-order valence-corrected chi connectivity index (χ1v) is 7.64. The minimum Gasteiger partial charge on any atom is -0.495 e. The molecule has 0 aromatic heterocycles. The number of carbonyl (C=O) groups excluding carboxylic acids is 2. The van der Waals surface area contributed by atoms with Crippen LogP contribution in [0, 0.1) is 0 Å². The van der Waals surface area contributed by atoms with Crippen molar-refractivity contribution in [3.8, 4) is 11.5 Å². The SMILES string of the molecule is COc1ccc(Cl)cc1NC(=O)C[C@H]1Oc2ccccc2NC1=O. The summed E-state index contributed by atoms with van der Waals surface area (Å²) in [4.78, 5) is 24.3. The number of hydrogen-bond acceptors (Lipinski definition) is 4. The van der Waals surface area contributed by atoms with E-state index in [4.69, 9.17) is 21.1 Å². The Bertz CT molecular complexity index is 794. The molecule has 2 N–H and O–H groups in total. The van der Waals surface area contributed by atoms with E-state index < -0.39 is 6.10 Å². The Morgan fingerprint density at radius 2 is 2.12 bits per heavy atom. The van der Waals surface area contributed by atoms with E-state index in [1.165, 1.54) is 7.11 Å². The van der Waals surface area contributed by atoms with Crippen LogP contribution in [0.3, 0.4) is 0 Å². The first-order chi connectivity index (χ1) is 11.6. The van der Waals surface area contributed by atoms with Gasteiger partial charge in [-0.1, -0.05) is 23.7 Å². The fraction of sp³-hybridized carbons (Fsp3) is 0.176. The molecule has 24 heavy (non-hydrogen) atoms. The molecule has 6 nitrogen and oxygen atoms in total. The Morgan fingerprint density at radius 3 is 2.92 bits per heavy atom. The lowest BCUT2D eigenvalue weighted by Gasteiger charge is -2.25. The summed E-state index contributed by atoms with van der Waals surface area (Å²) in [7, 11) is 1.49. The number of amides is 2. The van der Waals surface area contributed by atoms with Gasteiger partial charge in [0.1, 0.15) is 11.5 Å². The van der Waals surface area contributed by atoms with Crippen LogP contribution in [-0.2, 0) is 9.59 Å². The van der Waals surface area contributed by atoms with Crippen LogP contribution in [0.4, 0.5) is 11.4 Å². The number of ether oxygens (including phenoxy) is 2. The molecular formula is C17H15ClN2O4. The number of nitrogens with one attached hydrogen (secondary N) is 2. The monoisotopic (exact) mass is 346 g/mol. The van der Waals surface area contributed by atoms with E-state index in [-0.39, 0.29) is 18.2 Å². The summed E-state index contributed by atoms with van der Waals surface area (Å²) in [6.45, 7) is 0. The molecule has 1 atom stereocenters. The molecule has 0 spiro atoms. The van der Waals surface area contributed by atoms with Crippen LogP contribution in [0.1, 0.15) is 6.42 Å². The Kier molecular flexibility index (Phi) is 4.57. The van der Waals surface area contributed by atoms with Gasteiger partial charge in [0.15, 0.2) is 6.10 Å². The van der Waals surface area contributed by atoms with Gasteiger partial charge in [0.25, 0.3) is 5.91 Å². The maximum atomic E-state index is 12.2. The molecular weight excluding hydrogens is 332 g/mol. The fourth-order valence-corrected chi connectivity index (χ4v) is 2.55. The maximum absolute atomic E-state index is 12.2. The van der Waals surface area contributed by atoms with Crippen molar-refractivity contribution < 1.29 is 19.1 Å². The number of hydrogen-bond donors (Lipinski definition) is 2. The van der Waals surface area contributed by atoms with Crippen LogP contribution >= 0.6 is 11.6 Å². The van der Waals surface area contributed by atoms with Crippen molar-refractivity contribution >= 4 is 34.8 Å². The van der Waals surface area contributed by atoms with Crippen LogP contribution in [0.25, 0.3) is 0 Å². The van der Waals surface area contributed by atoms with E-state index in [2.05, 4.69) is 10.6 Å². The Labute approximate surface area is 143 Å². The zero-order chi connectivity index (χ0) is 17.1. The number of para-hydroxylation sites is 2. The number of halogens is 1. The lowest BCUT2D eigenvalue weighted by atomic mass is 10.1. The number of fused-ring (bicyclic) bond motifs is 1. The predicted molar refractivity (Wildman–Crippen MR) is 90.7 cm³/mol. The highest BCUT2D eigenvalue weighted by Gasteiger charge is 2.29. The normalized spacial score (nSPS) is 15.8. The van der Waals surface area contributed by atoms with E-state index in [0.717, 1.165) is 0 Å². The number of methoxy groups -OCH3 is 1. The molecule has 0 unspecified atom stereocenters. The summed E-state index contributed by atoms with van der Waals surface area (Å²) >= 11 is 5.93. The van der Waals surface area contributed by atoms with Gasteiger partial charge >= 0.3 is 0 Å². The van der Waals surface area contributed by atoms with Gasteiger partial charge < -0.3 is 20.1 Å². The zero-order valence-corrected chi connectivity index (χ0v) is 13.6. The van der Waals surface area contributed by atoms with Gasteiger partial charge in [-0.2, -0.15) is 0 Å². The van der Waals surface area contributed by atoms with Crippen molar-refractivity contribution in [3.05, 3.63) is 47.5 Å². The number of rotatable bonds is 4. The lowest BCUT2D eigenvalue weighted by Crippen LogP contribution is -2.39. The molecule has 0 fully saturated rings. The maximum Gasteiger partial charge on any atom is 0.266 e. The summed E-state index contributed by atoms with van der Waals surface area (Å²) in [6, 6.07) is 11.9. The molecule has 0 aliphatic carbocycles. The van der Waals surface area contributed by atoms with Crippen molar-refractivity contribution in [1.29, 1.82) is 0 Å². The van der Waals surface area contributed by atoms with Crippen LogP contribution in [0.15, 0.2) is 42.5 Å². The number of benzene rings is 2. The van der Waals surface area contributed by atoms with Crippen LogP contribution in [-0.4, -0.2) is 25.0 Å². The first kappa shape index (κ1) is 16.1.